The van der Waals surface area contributed by atoms with E-state index in [2.05, 4.69) is 252 Å². The highest BCUT2D eigenvalue weighted by Crippen LogP contribution is 2.42. The number of hydrogen-bond donors (Lipinski definition) is 0. The summed E-state index contributed by atoms with van der Waals surface area (Å²) in [7, 11) is 0. The number of rotatable bonds is 16. The molecule has 0 saturated carbocycles. The molecule has 0 atom stereocenters. The maximum atomic E-state index is 2.69. The van der Waals surface area contributed by atoms with E-state index >= 15 is 0 Å². The molecule has 0 unspecified atom stereocenters. The molecular formula is C79H165N9. The van der Waals surface area contributed by atoms with Gasteiger partial charge in [-0.15, -0.1) is 0 Å². The molecule has 6 saturated heterocycles. The summed E-state index contributed by atoms with van der Waals surface area (Å²) in [5.41, 5.74) is 5.29. The van der Waals surface area contributed by atoms with Gasteiger partial charge in [-0.05, 0) is 192 Å². The van der Waals surface area contributed by atoms with Crippen LogP contribution >= 0.6 is 0 Å². The number of likely N-dealkylation sites (tertiary alicyclic amines) is 3. The predicted octanol–water partition coefficient (Wildman–Crippen LogP) is 17.8. The maximum Gasteiger partial charge on any atom is 0.0212 e. The van der Waals surface area contributed by atoms with Gasteiger partial charge in [0.1, 0.15) is 0 Å². The highest BCUT2D eigenvalue weighted by Gasteiger charge is 2.52. The first-order valence-corrected chi connectivity index (χ1v) is 37.3. The standard InChI is InChI=1S/C18H37N.C17H36N2.C16H34N2.C15H30N2.C13H28N2/c1-17(2,3)12-8-7-9-13-19-14-10-16(11-15-19)18(4,5)6;1-16(2,3)8-12-18-10-7-11-19(15-14-18)13-9-17(4,5)6;1-15(2,3)7-9-17-11-13-18(14-12-17)10-8-16(4,5)6;1-13(2,3)7-16-9-15(10-16)11-17(12-15)8-14(4,5)6;1-12(2,3)11-14-7-9-15(10-8-14)13(4,5)6/h16H,7-15H2,1-6H3;7-15H2,1-6H3;7-14H2,1-6H3;7-12H2,1-6H3;7-11H2,1-6H3. The zero-order valence-corrected chi connectivity index (χ0v) is 66.3. The van der Waals surface area contributed by atoms with Crippen molar-refractivity contribution in [2.45, 2.75) is 284 Å². The van der Waals surface area contributed by atoms with E-state index in [1.165, 1.54) is 241 Å². The molecule has 0 radical (unpaired) electrons. The molecule has 0 aliphatic carbocycles. The van der Waals surface area contributed by atoms with Crippen molar-refractivity contribution in [3.8, 4) is 0 Å². The van der Waals surface area contributed by atoms with Crippen LogP contribution in [-0.4, -0.2) is 220 Å². The molecule has 9 nitrogen and oxygen atoms in total. The monoisotopic (exact) mass is 1240 g/mol. The molecule has 0 bridgehead atoms. The topological polar surface area (TPSA) is 29.2 Å². The SMILES string of the molecule is CC(C)(C)CCCCCN1CCC(C(C)(C)C)CC1.CC(C)(C)CCN1CCCN(CCC(C)(C)C)CC1.CC(C)(C)CCN1CCN(CCC(C)(C)C)CC1.CC(C)(C)CN1CC2(C1)CN(CC(C)(C)C)C2.CC(C)(C)CN1CCN(C(C)(C)C)CC1. The van der Waals surface area contributed by atoms with E-state index in [9.17, 15) is 0 Å². The van der Waals surface area contributed by atoms with Gasteiger partial charge in [-0.1, -0.05) is 200 Å². The molecule has 0 aromatic rings. The van der Waals surface area contributed by atoms with Gasteiger partial charge in [-0.2, -0.15) is 0 Å². The first-order chi connectivity index (χ1) is 39.8. The lowest BCUT2D eigenvalue weighted by molar-refractivity contribution is -0.129. The van der Waals surface area contributed by atoms with Crippen molar-refractivity contribution in [1.82, 2.24) is 44.1 Å². The van der Waals surface area contributed by atoms with E-state index in [0.29, 0.717) is 59.7 Å². The van der Waals surface area contributed by atoms with E-state index < -0.39 is 0 Å². The van der Waals surface area contributed by atoms with Crippen LogP contribution in [-0.2, 0) is 0 Å². The molecular weight excluding hydrogens is 1070 g/mol. The Kier molecular flexibility index (Phi) is 34.4. The maximum absolute atomic E-state index is 2.69. The van der Waals surface area contributed by atoms with Crippen LogP contribution in [0.15, 0.2) is 0 Å². The highest BCUT2D eigenvalue weighted by molar-refractivity contribution is 5.06. The minimum Gasteiger partial charge on any atom is -0.303 e. The molecule has 6 aliphatic heterocycles. The summed E-state index contributed by atoms with van der Waals surface area (Å²) in [5.74, 6) is 0.935. The lowest BCUT2D eigenvalue weighted by Gasteiger charge is -2.62. The fourth-order valence-electron chi connectivity index (χ4n) is 13.7. The Labute approximate surface area is 555 Å². The van der Waals surface area contributed by atoms with E-state index in [0.717, 1.165) is 5.92 Å². The average molecular weight is 1240 g/mol. The second kappa shape index (κ2) is 36.1. The van der Waals surface area contributed by atoms with Crippen LogP contribution in [0.2, 0.25) is 0 Å². The molecule has 0 aromatic heterocycles. The second-order valence-corrected chi connectivity index (χ2v) is 41.7. The quantitative estimate of drug-likeness (QED) is 0.140. The summed E-state index contributed by atoms with van der Waals surface area (Å²) in [6, 6.07) is 0. The van der Waals surface area contributed by atoms with Gasteiger partial charge >= 0.3 is 0 Å². The van der Waals surface area contributed by atoms with Crippen LogP contribution in [0.3, 0.4) is 0 Å². The zero-order valence-electron chi connectivity index (χ0n) is 66.3. The Bertz CT molecular complexity index is 1700. The smallest absolute Gasteiger partial charge is 0.0212 e. The molecule has 0 aromatic carbocycles. The summed E-state index contributed by atoms with van der Waals surface area (Å²) >= 11 is 0. The molecule has 0 amide bonds. The van der Waals surface area contributed by atoms with E-state index in [1.807, 2.05) is 0 Å². The van der Waals surface area contributed by atoms with Gasteiger partial charge in [0, 0.05) is 122 Å². The average Bonchev–Trinajstić information content (AvgIpc) is 3.73. The number of nitrogens with zero attached hydrogens (tertiary/aromatic N) is 9. The normalized spacial score (nSPS) is 21.6. The fraction of sp³-hybridized carbons (Fsp3) is 1.00. The Balaban J connectivity index is 0.000000376. The van der Waals surface area contributed by atoms with Crippen LogP contribution in [0, 0.1) is 60.1 Å². The van der Waals surface area contributed by atoms with Crippen LogP contribution < -0.4 is 0 Å². The van der Waals surface area contributed by atoms with Crippen molar-refractivity contribution in [3.05, 3.63) is 0 Å². The Hall–Kier alpha value is -0.360. The number of piperazine rings is 2. The van der Waals surface area contributed by atoms with Crippen molar-refractivity contribution in [2.24, 2.45) is 60.1 Å². The molecule has 6 heterocycles. The zero-order chi connectivity index (χ0) is 67.4. The molecule has 6 aliphatic rings. The molecule has 6 fully saturated rings. The number of unbranched alkanes of at least 4 members (excludes halogenated alkanes) is 2. The first kappa shape index (κ1) is 83.7. The van der Waals surface area contributed by atoms with Crippen LogP contribution in [0.1, 0.15) is 278 Å². The number of piperidine rings is 1. The van der Waals surface area contributed by atoms with Crippen LogP contribution in [0.4, 0.5) is 0 Å². The van der Waals surface area contributed by atoms with Crippen LogP contribution in [0.25, 0.3) is 0 Å². The van der Waals surface area contributed by atoms with Crippen molar-refractivity contribution < 1.29 is 0 Å². The van der Waals surface area contributed by atoms with Crippen molar-refractivity contribution in [2.75, 3.05) is 170 Å². The third-order valence-electron chi connectivity index (χ3n) is 19.2. The largest absolute Gasteiger partial charge is 0.303 e. The predicted molar refractivity (Wildman–Crippen MR) is 395 cm³/mol. The second-order valence-electron chi connectivity index (χ2n) is 41.7. The van der Waals surface area contributed by atoms with Gasteiger partial charge in [0.15, 0.2) is 0 Å². The van der Waals surface area contributed by atoms with Gasteiger partial charge < -0.3 is 39.2 Å². The Morgan fingerprint density at radius 3 is 0.830 bits per heavy atom. The summed E-state index contributed by atoms with van der Waals surface area (Å²) in [5, 5.41) is 0. The number of hydrogen-bond acceptors (Lipinski definition) is 9. The van der Waals surface area contributed by atoms with Crippen molar-refractivity contribution in [3.63, 3.8) is 0 Å². The first-order valence-electron chi connectivity index (χ1n) is 37.3. The molecule has 88 heavy (non-hydrogen) atoms. The van der Waals surface area contributed by atoms with E-state index in [4.69, 9.17) is 0 Å². The lowest BCUT2D eigenvalue weighted by atomic mass is 9.71. The summed E-state index contributed by atoms with van der Waals surface area (Å²) in [6.45, 7) is 104. The summed E-state index contributed by atoms with van der Waals surface area (Å²) in [6.07, 6.45) is 15.0. The minimum atomic E-state index is 0.341. The third kappa shape index (κ3) is 42.2. The Morgan fingerprint density at radius 2 is 0.545 bits per heavy atom. The van der Waals surface area contributed by atoms with Gasteiger partial charge in [0.05, 0.1) is 0 Å². The van der Waals surface area contributed by atoms with Crippen molar-refractivity contribution >= 4 is 0 Å². The molecule has 526 valence electrons. The fourth-order valence-corrected chi connectivity index (χ4v) is 13.7. The summed E-state index contributed by atoms with van der Waals surface area (Å²) < 4.78 is 0. The van der Waals surface area contributed by atoms with E-state index in [1.54, 1.807) is 0 Å². The molecule has 0 N–H and O–H groups in total. The molecule has 6 rings (SSSR count). The van der Waals surface area contributed by atoms with Gasteiger partial charge in [0.25, 0.3) is 0 Å². The van der Waals surface area contributed by atoms with Gasteiger partial charge in [-0.3, -0.25) is 4.90 Å². The molecule has 9 heteroatoms. The Morgan fingerprint density at radius 1 is 0.261 bits per heavy atom. The minimum absolute atomic E-state index is 0.341. The van der Waals surface area contributed by atoms with Gasteiger partial charge in [0.2, 0.25) is 0 Å². The van der Waals surface area contributed by atoms with Gasteiger partial charge in [-0.25, -0.2) is 0 Å². The molecule has 1 spiro atoms. The van der Waals surface area contributed by atoms with E-state index in [-0.39, 0.29) is 0 Å². The lowest BCUT2D eigenvalue weighted by Crippen LogP contribution is -2.73. The summed E-state index contributed by atoms with van der Waals surface area (Å²) in [4.78, 5) is 23.8. The van der Waals surface area contributed by atoms with Crippen LogP contribution in [0.5, 0.6) is 0 Å². The third-order valence-corrected chi connectivity index (χ3v) is 19.2. The van der Waals surface area contributed by atoms with Crippen molar-refractivity contribution in [1.29, 1.82) is 0 Å². The highest BCUT2D eigenvalue weighted by atomic mass is 15.3.